The molecule has 0 bridgehead atoms. The number of carbonyl (C=O) groups excluding carboxylic acids is 3. The standard InChI is InChI=1S/C29H29NO11/c1-2-40-29(39)19(11-17-4-8-21(32)24(35)13-17)30-28(38)26(15-18-5-9-22(33)25(36)14-18)41-27(37)10-6-16-3-7-20(31)23(34)12-16/h3-10,12-14,19,26,31-36H,2,11,15H2,1H3,(H,30,38)/b10-6+/t19?,26-/m0/s1. The lowest BCUT2D eigenvalue weighted by Crippen LogP contribution is -2.49. The van der Waals surface area contributed by atoms with Gasteiger partial charge in [-0.25, -0.2) is 9.59 Å². The van der Waals surface area contributed by atoms with E-state index in [1.807, 2.05) is 0 Å². The maximum atomic E-state index is 13.3. The number of nitrogens with one attached hydrogen (secondary N) is 1. The predicted octanol–water partition coefficient (Wildman–Crippen LogP) is 2.38. The van der Waals surface area contributed by atoms with Crippen molar-refractivity contribution in [2.45, 2.75) is 31.9 Å². The molecule has 7 N–H and O–H groups in total. The van der Waals surface area contributed by atoms with Crippen LogP contribution in [0.5, 0.6) is 34.5 Å². The Kier molecular flexibility index (Phi) is 10.0. The number of rotatable bonds is 11. The molecule has 1 amide bonds. The van der Waals surface area contributed by atoms with Crippen molar-refractivity contribution in [3.63, 3.8) is 0 Å². The van der Waals surface area contributed by atoms with Crippen molar-refractivity contribution >= 4 is 23.9 Å². The Hall–Kier alpha value is -5.39. The van der Waals surface area contributed by atoms with E-state index in [0.29, 0.717) is 16.7 Å². The van der Waals surface area contributed by atoms with Crippen LogP contribution in [0.25, 0.3) is 6.08 Å². The van der Waals surface area contributed by atoms with Gasteiger partial charge in [-0.2, -0.15) is 0 Å². The molecule has 3 aromatic carbocycles. The average Bonchev–Trinajstić information content (AvgIpc) is 2.92. The Bertz CT molecular complexity index is 1450. The van der Waals surface area contributed by atoms with Gasteiger partial charge < -0.3 is 45.4 Å². The largest absolute Gasteiger partial charge is 0.504 e. The molecule has 0 saturated carbocycles. The molecule has 1 unspecified atom stereocenters. The first-order valence-electron chi connectivity index (χ1n) is 12.4. The molecule has 12 heteroatoms. The number of ether oxygens (including phenoxy) is 2. The van der Waals surface area contributed by atoms with Crippen LogP contribution in [0.2, 0.25) is 0 Å². The Morgan fingerprint density at radius 2 is 1.29 bits per heavy atom. The summed E-state index contributed by atoms with van der Waals surface area (Å²) in [5, 5.41) is 60.4. The van der Waals surface area contributed by atoms with Gasteiger partial charge in [-0.1, -0.05) is 18.2 Å². The summed E-state index contributed by atoms with van der Waals surface area (Å²) in [7, 11) is 0. The highest BCUT2D eigenvalue weighted by Gasteiger charge is 2.29. The minimum Gasteiger partial charge on any atom is -0.504 e. The molecule has 216 valence electrons. The van der Waals surface area contributed by atoms with Crippen molar-refractivity contribution in [1.29, 1.82) is 0 Å². The first-order chi connectivity index (χ1) is 19.5. The molecule has 2 atom stereocenters. The topological polar surface area (TPSA) is 203 Å². The summed E-state index contributed by atoms with van der Waals surface area (Å²) >= 11 is 0. The van der Waals surface area contributed by atoms with Gasteiger partial charge in [-0.3, -0.25) is 4.79 Å². The Balaban J connectivity index is 1.84. The van der Waals surface area contributed by atoms with Crippen LogP contribution in [0, 0.1) is 0 Å². The zero-order valence-corrected chi connectivity index (χ0v) is 21.9. The molecular formula is C29H29NO11. The van der Waals surface area contributed by atoms with Gasteiger partial charge >= 0.3 is 11.9 Å². The lowest BCUT2D eigenvalue weighted by atomic mass is 10.0. The molecule has 0 radical (unpaired) electrons. The molecule has 3 rings (SSSR count). The molecule has 0 heterocycles. The van der Waals surface area contributed by atoms with E-state index in [-0.39, 0.29) is 30.9 Å². The number of esters is 2. The third-order valence-electron chi connectivity index (χ3n) is 5.79. The van der Waals surface area contributed by atoms with Gasteiger partial charge in [-0.15, -0.1) is 0 Å². The molecule has 0 saturated heterocycles. The highest BCUT2D eigenvalue weighted by Crippen LogP contribution is 2.28. The number of carbonyl (C=O) groups is 3. The van der Waals surface area contributed by atoms with Gasteiger partial charge in [0.1, 0.15) is 6.04 Å². The SMILES string of the molecule is CCOC(=O)C(Cc1ccc(O)c(O)c1)NC(=O)[C@H](Cc1ccc(O)c(O)c1)OC(=O)/C=C/c1ccc(O)c(O)c1. The van der Waals surface area contributed by atoms with Crippen molar-refractivity contribution < 1.29 is 54.5 Å². The fraction of sp³-hybridized carbons (Fsp3) is 0.207. The van der Waals surface area contributed by atoms with E-state index < -0.39 is 53.0 Å². The van der Waals surface area contributed by atoms with Gasteiger partial charge in [-0.05, 0) is 66.1 Å². The van der Waals surface area contributed by atoms with Crippen LogP contribution in [-0.4, -0.2) is 67.2 Å². The summed E-state index contributed by atoms with van der Waals surface area (Å²) < 4.78 is 10.4. The number of hydrogen-bond donors (Lipinski definition) is 7. The van der Waals surface area contributed by atoms with Crippen molar-refractivity contribution in [3.05, 3.63) is 77.4 Å². The van der Waals surface area contributed by atoms with Crippen molar-refractivity contribution in [1.82, 2.24) is 5.32 Å². The molecule has 12 nitrogen and oxygen atoms in total. The number of phenols is 6. The van der Waals surface area contributed by atoms with Crippen LogP contribution in [0.15, 0.2) is 60.7 Å². The van der Waals surface area contributed by atoms with Crippen LogP contribution < -0.4 is 5.32 Å². The molecular weight excluding hydrogens is 538 g/mol. The summed E-state index contributed by atoms with van der Waals surface area (Å²) in [5.41, 5.74) is 1.05. The average molecular weight is 568 g/mol. The van der Waals surface area contributed by atoms with E-state index in [2.05, 4.69) is 5.32 Å². The molecule has 0 aromatic heterocycles. The van der Waals surface area contributed by atoms with Gasteiger partial charge in [0.2, 0.25) is 0 Å². The van der Waals surface area contributed by atoms with Gasteiger partial charge in [0.25, 0.3) is 5.91 Å². The minimum absolute atomic E-state index is 0.00877. The number of aromatic hydroxyl groups is 6. The van der Waals surface area contributed by atoms with Crippen molar-refractivity contribution in [2.24, 2.45) is 0 Å². The van der Waals surface area contributed by atoms with Crippen LogP contribution >= 0.6 is 0 Å². The molecule has 0 aliphatic heterocycles. The smallest absolute Gasteiger partial charge is 0.331 e. The molecule has 3 aromatic rings. The molecule has 0 spiro atoms. The highest BCUT2D eigenvalue weighted by molar-refractivity contribution is 5.92. The number of phenolic OH excluding ortho intramolecular Hbond substituents is 6. The summed E-state index contributed by atoms with van der Waals surface area (Å²) in [6, 6.07) is 10.2. The summed E-state index contributed by atoms with van der Waals surface area (Å²) in [4.78, 5) is 38.6. The summed E-state index contributed by atoms with van der Waals surface area (Å²) in [6.07, 6.45) is 0.358. The third-order valence-corrected chi connectivity index (χ3v) is 5.79. The Labute approximate surface area is 234 Å². The van der Waals surface area contributed by atoms with Gasteiger partial charge in [0, 0.05) is 18.9 Å². The summed E-state index contributed by atoms with van der Waals surface area (Å²) in [5.74, 6) is -5.06. The maximum Gasteiger partial charge on any atom is 0.331 e. The molecule has 0 aliphatic rings. The Morgan fingerprint density at radius 1 is 0.756 bits per heavy atom. The number of amides is 1. The summed E-state index contributed by atoms with van der Waals surface area (Å²) in [6.45, 7) is 1.58. The lowest BCUT2D eigenvalue weighted by Gasteiger charge is -2.22. The van der Waals surface area contributed by atoms with Gasteiger partial charge in [0.15, 0.2) is 40.6 Å². The number of benzene rings is 3. The first-order valence-corrected chi connectivity index (χ1v) is 12.4. The normalized spacial score (nSPS) is 12.4. The molecule has 0 aliphatic carbocycles. The van der Waals surface area contributed by atoms with E-state index in [0.717, 1.165) is 6.08 Å². The highest BCUT2D eigenvalue weighted by atomic mass is 16.5. The second-order valence-corrected chi connectivity index (χ2v) is 8.87. The van der Waals surface area contributed by atoms with E-state index in [9.17, 15) is 45.0 Å². The van der Waals surface area contributed by atoms with Crippen LogP contribution in [-0.2, 0) is 36.7 Å². The number of hydrogen-bond acceptors (Lipinski definition) is 11. The van der Waals surface area contributed by atoms with Crippen LogP contribution in [0.4, 0.5) is 0 Å². The fourth-order valence-electron chi connectivity index (χ4n) is 3.72. The van der Waals surface area contributed by atoms with E-state index in [1.54, 1.807) is 6.92 Å². The molecule has 0 fully saturated rings. The third kappa shape index (κ3) is 8.55. The van der Waals surface area contributed by atoms with Crippen LogP contribution in [0.1, 0.15) is 23.6 Å². The monoisotopic (exact) mass is 567 g/mol. The van der Waals surface area contributed by atoms with Crippen molar-refractivity contribution in [3.8, 4) is 34.5 Å². The van der Waals surface area contributed by atoms with Crippen LogP contribution in [0.3, 0.4) is 0 Å². The quantitative estimate of drug-likeness (QED) is 0.102. The van der Waals surface area contributed by atoms with E-state index in [4.69, 9.17) is 9.47 Å². The molecule has 41 heavy (non-hydrogen) atoms. The van der Waals surface area contributed by atoms with E-state index >= 15 is 0 Å². The second kappa shape index (κ2) is 13.6. The van der Waals surface area contributed by atoms with Gasteiger partial charge in [0.05, 0.1) is 6.61 Å². The maximum absolute atomic E-state index is 13.3. The zero-order valence-electron chi connectivity index (χ0n) is 21.9. The fourth-order valence-corrected chi connectivity index (χ4v) is 3.72. The predicted molar refractivity (Wildman–Crippen MR) is 144 cm³/mol. The van der Waals surface area contributed by atoms with Crippen molar-refractivity contribution in [2.75, 3.05) is 6.61 Å². The Morgan fingerprint density at radius 3 is 1.83 bits per heavy atom. The zero-order chi connectivity index (χ0) is 30.1. The second-order valence-electron chi connectivity index (χ2n) is 8.87. The first kappa shape index (κ1) is 30.2. The minimum atomic E-state index is -1.52. The lowest BCUT2D eigenvalue weighted by molar-refractivity contribution is -0.153. The van der Waals surface area contributed by atoms with E-state index in [1.165, 1.54) is 60.7 Å².